The molecule has 1 fully saturated rings. The van der Waals surface area contributed by atoms with E-state index in [0.29, 0.717) is 6.42 Å². The molecular formula is C12H12F3NO4S. The number of hydrogen-bond acceptors (Lipinski definition) is 5. The number of alkyl halides is 3. The van der Waals surface area contributed by atoms with Gasteiger partial charge in [0.2, 0.25) is 0 Å². The Morgan fingerprint density at radius 3 is 2.33 bits per heavy atom. The molecule has 116 valence electrons. The zero-order valence-electron chi connectivity index (χ0n) is 10.8. The normalized spacial score (nSPS) is 21.9. The van der Waals surface area contributed by atoms with Crippen LogP contribution >= 0.6 is 0 Å². The number of rotatable bonds is 4. The van der Waals surface area contributed by atoms with Crippen molar-refractivity contribution in [2.75, 3.05) is 6.26 Å². The van der Waals surface area contributed by atoms with Crippen LogP contribution in [0.3, 0.4) is 0 Å². The van der Waals surface area contributed by atoms with Crippen molar-refractivity contribution in [3.05, 3.63) is 29.8 Å². The first-order valence-electron chi connectivity index (χ1n) is 5.92. The van der Waals surface area contributed by atoms with E-state index in [1.165, 1.54) is 12.1 Å². The Hall–Kier alpha value is -1.61. The van der Waals surface area contributed by atoms with Crippen molar-refractivity contribution in [3.8, 4) is 0 Å². The molecule has 1 aliphatic rings. The van der Waals surface area contributed by atoms with Gasteiger partial charge >= 0.3 is 12.1 Å². The second-order valence-corrected chi connectivity index (χ2v) is 6.81. The van der Waals surface area contributed by atoms with Crippen LogP contribution in [-0.4, -0.2) is 32.9 Å². The molecule has 0 aliphatic heterocycles. The minimum absolute atomic E-state index is 0.111. The number of sulfone groups is 1. The summed E-state index contributed by atoms with van der Waals surface area (Å²) >= 11 is 0. The quantitative estimate of drug-likeness (QED) is 0.851. The molecule has 1 aromatic rings. The van der Waals surface area contributed by atoms with Gasteiger partial charge in [0, 0.05) is 12.2 Å². The second-order valence-electron chi connectivity index (χ2n) is 4.80. The Morgan fingerprint density at radius 1 is 1.29 bits per heavy atom. The van der Waals surface area contributed by atoms with Gasteiger partial charge in [-0.25, -0.2) is 13.2 Å². The standard InChI is InChI=1S/C12H12F3NO4S/c1-21(18,19)8-4-2-7(3-5-8)9-6-10(9)16-20-11(17)12(13,14)15/h2-5,9-10,16H,6H2,1H3. The number of nitrogens with one attached hydrogen (secondary N) is 1. The number of halogens is 3. The molecule has 1 aliphatic carbocycles. The average molecular weight is 323 g/mol. The first-order chi connectivity index (χ1) is 9.59. The molecule has 9 heteroatoms. The summed E-state index contributed by atoms with van der Waals surface area (Å²) in [5.74, 6) is -2.40. The first-order valence-corrected chi connectivity index (χ1v) is 7.81. The van der Waals surface area contributed by atoms with Crippen LogP contribution in [-0.2, 0) is 19.5 Å². The van der Waals surface area contributed by atoms with Crippen LogP contribution in [0.4, 0.5) is 13.2 Å². The van der Waals surface area contributed by atoms with Crippen molar-refractivity contribution >= 4 is 15.8 Å². The fourth-order valence-corrected chi connectivity index (χ4v) is 2.47. The van der Waals surface area contributed by atoms with Crippen LogP contribution in [0.15, 0.2) is 29.2 Å². The van der Waals surface area contributed by atoms with Gasteiger partial charge in [-0.05, 0) is 24.1 Å². The molecule has 2 rings (SSSR count). The highest BCUT2D eigenvalue weighted by atomic mass is 32.2. The van der Waals surface area contributed by atoms with E-state index in [0.717, 1.165) is 11.8 Å². The zero-order chi connectivity index (χ0) is 15.8. The molecule has 0 amide bonds. The van der Waals surface area contributed by atoms with E-state index >= 15 is 0 Å². The molecule has 0 heterocycles. The molecule has 1 saturated carbocycles. The van der Waals surface area contributed by atoms with Crippen molar-refractivity contribution in [2.45, 2.75) is 29.5 Å². The van der Waals surface area contributed by atoms with Crippen LogP contribution in [0.5, 0.6) is 0 Å². The van der Waals surface area contributed by atoms with Crippen LogP contribution in [0.2, 0.25) is 0 Å². The molecule has 21 heavy (non-hydrogen) atoms. The van der Waals surface area contributed by atoms with Crippen LogP contribution in [0.25, 0.3) is 0 Å². The molecule has 2 atom stereocenters. The molecule has 2 unspecified atom stereocenters. The Kier molecular flexibility index (Phi) is 3.98. The predicted molar refractivity (Wildman–Crippen MR) is 66.0 cm³/mol. The number of hydrogen-bond donors (Lipinski definition) is 1. The zero-order valence-corrected chi connectivity index (χ0v) is 11.7. The highest BCUT2D eigenvalue weighted by Crippen LogP contribution is 2.41. The Bertz CT molecular complexity index is 639. The van der Waals surface area contributed by atoms with Crippen LogP contribution in [0, 0.1) is 0 Å². The molecule has 0 aromatic heterocycles. The van der Waals surface area contributed by atoms with Crippen molar-refractivity contribution < 1.29 is 31.2 Å². The number of carbonyl (C=O) groups is 1. The molecular weight excluding hydrogens is 311 g/mol. The summed E-state index contributed by atoms with van der Waals surface area (Å²) in [5.41, 5.74) is 2.84. The minimum atomic E-state index is -5.03. The van der Waals surface area contributed by atoms with Crippen molar-refractivity contribution in [1.29, 1.82) is 0 Å². The highest BCUT2D eigenvalue weighted by molar-refractivity contribution is 7.90. The van der Waals surface area contributed by atoms with E-state index in [-0.39, 0.29) is 10.8 Å². The van der Waals surface area contributed by atoms with Gasteiger partial charge in [0.25, 0.3) is 0 Å². The van der Waals surface area contributed by atoms with Gasteiger partial charge in [-0.15, -0.1) is 5.48 Å². The van der Waals surface area contributed by atoms with Gasteiger partial charge < -0.3 is 4.84 Å². The van der Waals surface area contributed by atoms with Gasteiger partial charge in [-0.3, -0.25) is 0 Å². The largest absolute Gasteiger partial charge is 0.492 e. The van der Waals surface area contributed by atoms with Crippen molar-refractivity contribution in [2.24, 2.45) is 0 Å². The van der Waals surface area contributed by atoms with Gasteiger partial charge in [0.15, 0.2) is 9.84 Å². The van der Waals surface area contributed by atoms with E-state index < -0.39 is 28.0 Å². The van der Waals surface area contributed by atoms with E-state index in [9.17, 15) is 26.4 Å². The topological polar surface area (TPSA) is 72.5 Å². The Balaban J connectivity index is 1.91. The molecule has 0 bridgehead atoms. The fraction of sp³-hybridized carbons (Fsp3) is 0.417. The smallest absolute Gasteiger partial charge is 0.363 e. The monoisotopic (exact) mass is 323 g/mol. The number of hydroxylamine groups is 1. The minimum Gasteiger partial charge on any atom is -0.363 e. The number of carbonyl (C=O) groups excluding carboxylic acids is 1. The summed E-state index contributed by atoms with van der Waals surface area (Å²) in [6, 6.07) is 5.65. The third-order valence-electron chi connectivity index (χ3n) is 3.06. The molecule has 1 N–H and O–H groups in total. The van der Waals surface area contributed by atoms with Crippen LogP contribution in [0.1, 0.15) is 17.9 Å². The molecule has 1 aromatic carbocycles. The summed E-state index contributed by atoms with van der Waals surface area (Å²) < 4.78 is 58.4. The average Bonchev–Trinajstić information content (AvgIpc) is 3.13. The summed E-state index contributed by atoms with van der Waals surface area (Å²) in [7, 11) is -3.29. The lowest BCUT2D eigenvalue weighted by Crippen LogP contribution is -2.32. The lowest BCUT2D eigenvalue weighted by atomic mass is 10.1. The SMILES string of the molecule is CS(=O)(=O)c1ccc(C2CC2NOC(=O)C(F)(F)F)cc1. The summed E-state index contributed by atoms with van der Waals surface area (Å²) in [4.78, 5) is 14.6. The Morgan fingerprint density at radius 2 is 1.86 bits per heavy atom. The lowest BCUT2D eigenvalue weighted by Gasteiger charge is -2.07. The first kappa shape index (κ1) is 15.8. The molecule has 0 radical (unpaired) electrons. The van der Waals surface area contributed by atoms with E-state index in [1.54, 1.807) is 12.1 Å². The van der Waals surface area contributed by atoms with Gasteiger partial charge in [0.1, 0.15) is 0 Å². The van der Waals surface area contributed by atoms with E-state index in [2.05, 4.69) is 10.3 Å². The summed E-state index contributed by atoms with van der Waals surface area (Å²) in [6.07, 6.45) is -3.45. The van der Waals surface area contributed by atoms with Gasteiger partial charge in [0.05, 0.1) is 10.9 Å². The Labute approximate surface area is 119 Å². The summed E-state index contributed by atoms with van der Waals surface area (Å²) in [6.45, 7) is 0. The van der Waals surface area contributed by atoms with Crippen molar-refractivity contribution in [3.63, 3.8) is 0 Å². The van der Waals surface area contributed by atoms with Crippen LogP contribution < -0.4 is 5.48 Å². The van der Waals surface area contributed by atoms with E-state index in [4.69, 9.17) is 0 Å². The fourth-order valence-electron chi connectivity index (χ4n) is 1.84. The van der Waals surface area contributed by atoms with Gasteiger partial charge in [-0.1, -0.05) is 12.1 Å². The maximum Gasteiger partial charge on any atom is 0.492 e. The predicted octanol–water partition coefficient (Wildman–Crippen LogP) is 1.56. The molecule has 5 nitrogen and oxygen atoms in total. The number of benzene rings is 1. The van der Waals surface area contributed by atoms with E-state index in [1.807, 2.05) is 0 Å². The third kappa shape index (κ3) is 3.94. The molecule has 0 saturated heterocycles. The maximum absolute atomic E-state index is 11.9. The second kappa shape index (κ2) is 5.30. The molecule has 0 spiro atoms. The van der Waals surface area contributed by atoms with Gasteiger partial charge in [-0.2, -0.15) is 13.2 Å². The van der Waals surface area contributed by atoms with Crippen molar-refractivity contribution in [1.82, 2.24) is 5.48 Å². The third-order valence-corrected chi connectivity index (χ3v) is 4.19. The highest BCUT2D eigenvalue weighted by Gasteiger charge is 2.44. The maximum atomic E-state index is 11.9. The lowest BCUT2D eigenvalue weighted by molar-refractivity contribution is -0.207. The summed E-state index contributed by atoms with van der Waals surface area (Å²) in [5, 5.41) is 0.